The number of halogens is 4. The predicted octanol–water partition coefficient (Wildman–Crippen LogP) is 4.68. The van der Waals surface area contributed by atoms with Gasteiger partial charge in [0.15, 0.2) is 5.82 Å². The molecule has 0 saturated heterocycles. The van der Waals surface area contributed by atoms with Crippen molar-refractivity contribution in [1.29, 1.82) is 0 Å². The SMILES string of the molecule is FC(F)Oc1ccc(Nc2ncnc3ccc(Cl)nc23)cc1Cl. The summed E-state index contributed by atoms with van der Waals surface area (Å²) in [5.74, 6) is 0.303. The number of nitrogens with zero attached hydrogens (tertiary/aromatic N) is 3. The number of hydrogen-bond acceptors (Lipinski definition) is 5. The highest BCUT2D eigenvalue weighted by Crippen LogP contribution is 2.31. The highest BCUT2D eigenvalue weighted by Gasteiger charge is 2.11. The summed E-state index contributed by atoms with van der Waals surface area (Å²) in [6.07, 6.45) is 1.37. The first-order valence-corrected chi connectivity index (χ1v) is 7.07. The van der Waals surface area contributed by atoms with Gasteiger partial charge in [-0.15, -0.1) is 0 Å². The van der Waals surface area contributed by atoms with Gasteiger partial charge in [-0.25, -0.2) is 15.0 Å². The van der Waals surface area contributed by atoms with Gasteiger partial charge in [0.2, 0.25) is 0 Å². The Morgan fingerprint density at radius 2 is 1.91 bits per heavy atom. The normalized spacial score (nSPS) is 11.0. The molecule has 3 aromatic rings. The van der Waals surface area contributed by atoms with Crippen molar-refractivity contribution in [2.75, 3.05) is 5.32 Å². The zero-order chi connectivity index (χ0) is 16.4. The maximum absolute atomic E-state index is 12.2. The van der Waals surface area contributed by atoms with Crippen LogP contribution in [0.15, 0.2) is 36.7 Å². The van der Waals surface area contributed by atoms with Crippen LogP contribution in [0.3, 0.4) is 0 Å². The van der Waals surface area contributed by atoms with E-state index in [0.717, 1.165) is 0 Å². The molecule has 0 radical (unpaired) electrons. The Kier molecular flexibility index (Phi) is 4.40. The first kappa shape index (κ1) is 15.6. The van der Waals surface area contributed by atoms with E-state index in [0.29, 0.717) is 27.7 Å². The van der Waals surface area contributed by atoms with Gasteiger partial charge in [-0.05, 0) is 30.3 Å². The van der Waals surface area contributed by atoms with Gasteiger partial charge in [0.05, 0.1) is 10.5 Å². The molecule has 118 valence electrons. The number of benzene rings is 1. The average Bonchev–Trinajstić information content (AvgIpc) is 2.50. The Hall–Kier alpha value is -2.25. The first-order chi connectivity index (χ1) is 11.0. The van der Waals surface area contributed by atoms with Gasteiger partial charge in [0.25, 0.3) is 0 Å². The van der Waals surface area contributed by atoms with Crippen LogP contribution in [-0.4, -0.2) is 21.6 Å². The molecule has 0 aliphatic rings. The van der Waals surface area contributed by atoms with E-state index in [1.165, 1.54) is 24.5 Å². The van der Waals surface area contributed by atoms with E-state index < -0.39 is 6.61 Å². The molecule has 0 saturated carbocycles. The van der Waals surface area contributed by atoms with Crippen molar-refractivity contribution in [2.24, 2.45) is 0 Å². The Balaban J connectivity index is 1.93. The number of fused-ring (bicyclic) bond motifs is 1. The number of ether oxygens (including phenoxy) is 1. The van der Waals surface area contributed by atoms with Crippen LogP contribution in [0.5, 0.6) is 5.75 Å². The maximum atomic E-state index is 12.2. The number of pyridine rings is 1. The van der Waals surface area contributed by atoms with Crippen molar-refractivity contribution < 1.29 is 13.5 Å². The van der Waals surface area contributed by atoms with E-state index in [1.807, 2.05) is 0 Å². The third-order valence-electron chi connectivity index (χ3n) is 2.86. The molecule has 2 aromatic heterocycles. The van der Waals surface area contributed by atoms with Crippen LogP contribution in [-0.2, 0) is 0 Å². The summed E-state index contributed by atoms with van der Waals surface area (Å²) in [7, 11) is 0. The van der Waals surface area contributed by atoms with Gasteiger partial charge in [-0.1, -0.05) is 23.2 Å². The van der Waals surface area contributed by atoms with Crippen molar-refractivity contribution in [2.45, 2.75) is 6.61 Å². The second-order valence-corrected chi connectivity index (χ2v) is 5.17. The molecule has 0 unspecified atom stereocenters. The van der Waals surface area contributed by atoms with Gasteiger partial charge < -0.3 is 10.1 Å². The third-order valence-corrected chi connectivity index (χ3v) is 3.36. The summed E-state index contributed by atoms with van der Waals surface area (Å²) >= 11 is 11.8. The standard InChI is InChI=1S/C14H8Cl2F2N4O/c15-8-5-7(1-3-10(8)23-14(17)18)21-13-12-9(19-6-20-13)2-4-11(16)22-12/h1-6,14H,(H,19,20,21). The van der Waals surface area contributed by atoms with Gasteiger partial charge in [0, 0.05) is 5.69 Å². The van der Waals surface area contributed by atoms with Crippen molar-refractivity contribution >= 4 is 45.7 Å². The quantitative estimate of drug-likeness (QED) is 0.688. The minimum atomic E-state index is -2.94. The Morgan fingerprint density at radius 1 is 1.09 bits per heavy atom. The van der Waals surface area contributed by atoms with Crippen LogP contribution in [0.25, 0.3) is 11.0 Å². The molecule has 2 heterocycles. The molecule has 0 amide bonds. The van der Waals surface area contributed by atoms with Crippen LogP contribution in [0, 0.1) is 0 Å². The predicted molar refractivity (Wildman–Crippen MR) is 83.7 cm³/mol. The fourth-order valence-electron chi connectivity index (χ4n) is 1.91. The lowest BCUT2D eigenvalue weighted by Crippen LogP contribution is -2.03. The Morgan fingerprint density at radius 3 is 2.65 bits per heavy atom. The van der Waals surface area contributed by atoms with E-state index in [1.54, 1.807) is 12.1 Å². The van der Waals surface area contributed by atoms with Gasteiger partial charge in [-0.2, -0.15) is 8.78 Å². The van der Waals surface area contributed by atoms with Gasteiger partial charge in [0.1, 0.15) is 22.7 Å². The van der Waals surface area contributed by atoms with E-state index in [9.17, 15) is 8.78 Å². The number of hydrogen-bond donors (Lipinski definition) is 1. The van der Waals surface area contributed by atoms with Crippen LogP contribution < -0.4 is 10.1 Å². The van der Waals surface area contributed by atoms with E-state index in [-0.39, 0.29) is 10.8 Å². The molecule has 23 heavy (non-hydrogen) atoms. The van der Waals surface area contributed by atoms with E-state index >= 15 is 0 Å². The summed E-state index contributed by atoms with van der Waals surface area (Å²) in [4.78, 5) is 12.4. The highest BCUT2D eigenvalue weighted by molar-refractivity contribution is 6.32. The number of nitrogens with one attached hydrogen (secondary N) is 1. The third kappa shape index (κ3) is 3.57. The smallest absolute Gasteiger partial charge is 0.387 e. The molecule has 0 aliphatic carbocycles. The molecule has 1 N–H and O–H groups in total. The summed E-state index contributed by atoms with van der Waals surface area (Å²) in [5, 5.41) is 3.34. The second kappa shape index (κ2) is 6.47. The van der Waals surface area contributed by atoms with Crippen LogP contribution >= 0.6 is 23.2 Å². The van der Waals surface area contributed by atoms with Crippen molar-refractivity contribution in [3.8, 4) is 5.75 Å². The summed E-state index contributed by atoms with van der Waals surface area (Å²) < 4.78 is 28.7. The fraction of sp³-hybridized carbons (Fsp3) is 0.0714. The second-order valence-electron chi connectivity index (χ2n) is 4.37. The van der Waals surface area contributed by atoms with Crippen LogP contribution in [0.2, 0.25) is 10.2 Å². The lowest BCUT2D eigenvalue weighted by Gasteiger charge is -2.10. The summed E-state index contributed by atoms with van der Waals surface area (Å²) in [6, 6.07) is 7.64. The summed E-state index contributed by atoms with van der Waals surface area (Å²) in [6.45, 7) is -2.94. The number of aromatic nitrogens is 3. The first-order valence-electron chi connectivity index (χ1n) is 6.31. The van der Waals surface area contributed by atoms with E-state index in [2.05, 4.69) is 25.0 Å². The lowest BCUT2D eigenvalue weighted by atomic mass is 10.3. The largest absolute Gasteiger partial charge is 0.433 e. The number of alkyl halides is 2. The van der Waals surface area contributed by atoms with Crippen molar-refractivity contribution in [3.05, 3.63) is 46.8 Å². The average molecular weight is 357 g/mol. The molecular weight excluding hydrogens is 349 g/mol. The molecule has 0 aliphatic heterocycles. The zero-order valence-electron chi connectivity index (χ0n) is 11.3. The highest BCUT2D eigenvalue weighted by atomic mass is 35.5. The molecule has 0 spiro atoms. The molecule has 0 bridgehead atoms. The molecule has 5 nitrogen and oxygen atoms in total. The maximum Gasteiger partial charge on any atom is 0.387 e. The van der Waals surface area contributed by atoms with Crippen LogP contribution in [0.4, 0.5) is 20.3 Å². The van der Waals surface area contributed by atoms with Crippen molar-refractivity contribution in [1.82, 2.24) is 15.0 Å². The number of rotatable bonds is 4. The van der Waals surface area contributed by atoms with Crippen LogP contribution in [0.1, 0.15) is 0 Å². The van der Waals surface area contributed by atoms with Crippen molar-refractivity contribution in [3.63, 3.8) is 0 Å². The Bertz CT molecular complexity index is 863. The Labute approximate surface area is 139 Å². The fourth-order valence-corrected chi connectivity index (χ4v) is 2.29. The van der Waals surface area contributed by atoms with Gasteiger partial charge >= 0.3 is 6.61 Å². The minimum absolute atomic E-state index is 0.0413. The topological polar surface area (TPSA) is 59.9 Å². The molecule has 0 fully saturated rings. The monoisotopic (exact) mass is 356 g/mol. The molecule has 1 aromatic carbocycles. The minimum Gasteiger partial charge on any atom is -0.433 e. The summed E-state index contributed by atoms with van der Waals surface area (Å²) in [5.41, 5.74) is 1.61. The molecular formula is C14H8Cl2F2N4O. The molecule has 3 rings (SSSR count). The zero-order valence-corrected chi connectivity index (χ0v) is 12.8. The number of anilines is 2. The molecule has 0 atom stereocenters. The lowest BCUT2D eigenvalue weighted by molar-refractivity contribution is -0.0497. The van der Waals surface area contributed by atoms with E-state index in [4.69, 9.17) is 23.2 Å². The van der Waals surface area contributed by atoms with Gasteiger partial charge in [-0.3, -0.25) is 0 Å². The molecule has 9 heteroatoms.